The molecule has 0 amide bonds. The van der Waals surface area contributed by atoms with Crippen LogP contribution in [0.3, 0.4) is 0 Å². The highest BCUT2D eigenvalue weighted by Gasteiger charge is 2.32. The fourth-order valence-corrected chi connectivity index (χ4v) is 4.23. The molecule has 0 radical (unpaired) electrons. The number of benzene rings is 1. The smallest absolute Gasteiger partial charge is 0.328 e. The molecule has 4 aromatic rings. The van der Waals surface area contributed by atoms with Crippen LogP contribution in [0.2, 0.25) is 5.02 Å². The molecule has 4 heterocycles. The number of aromatic nitrogens is 4. The van der Waals surface area contributed by atoms with E-state index in [2.05, 4.69) is 20.2 Å². The standard InChI is InChI=1S/C20H13ClN6O3S/c21-13-3-1-11(2-4-13)14-9-15(19(29)30)26(24-14)10-16-18(28)27-20(31-16)23-17(25-27)12-5-7-22-8-6-12/h1-8,10,15H,9H2,(H,29,30)/b16-10-/t15-/m0/s1. The Kier molecular flexibility index (Phi) is 4.72. The van der Waals surface area contributed by atoms with Crippen LogP contribution >= 0.6 is 22.9 Å². The molecule has 1 aromatic carbocycles. The second-order valence-corrected chi connectivity index (χ2v) is 8.20. The summed E-state index contributed by atoms with van der Waals surface area (Å²) >= 11 is 7.05. The minimum atomic E-state index is -1.03. The molecule has 0 saturated heterocycles. The number of halogens is 1. The number of hydrogen-bond donors (Lipinski definition) is 1. The molecule has 0 saturated carbocycles. The summed E-state index contributed by atoms with van der Waals surface area (Å²) in [7, 11) is 0. The summed E-state index contributed by atoms with van der Waals surface area (Å²) < 4.78 is 1.51. The van der Waals surface area contributed by atoms with Gasteiger partial charge in [0.25, 0.3) is 5.56 Å². The third kappa shape index (κ3) is 3.56. The fraction of sp³-hybridized carbons (Fsp3) is 0.100. The maximum absolute atomic E-state index is 12.8. The number of aliphatic carboxylic acids is 1. The van der Waals surface area contributed by atoms with Crippen LogP contribution in [0.1, 0.15) is 12.0 Å². The maximum atomic E-state index is 12.8. The highest BCUT2D eigenvalue weighted by atomic mass is 35.5. The van der Waals surface area contributed by atoms with E-state index >= 15 is 0 Å². The van der Waals surface area contributed by atoms with Crippen LogP contribution in [-0.2, 0) is 4.79 Å². The van der Waals surface area contributed by atoms with Gasteiger partial charge in [0, 0.05) is 35.6 Å². The number of nitrogens with zero attached hydrogens (tertiary/aromatic N) is 6. The highest BCUT2D eigenvalue weighted by Crippen LogP contribution is 2.22. The number of rotatable bonds is 4. The van der Waals surface area contributed by atoms with Crippen molar-refractivity contribution in [2.24, 2.45) is 5.10 Å². The molecule has 0 unspecified atom stereocenters. The molecule has 0 spiro atoms. The molecular weight excluding hydrogens is 440 g/mol. The maximum Gasteiger partial charge on any atom is 0.328 e. The molecule has 11 heteroatoms. The lowest BCUT2D eigenvalue weighted by atomic mass is 10.0. The van der Waals surface area contributed by atoms with Crippen LogP contribution in [-0.4, -0.2) is 47.4 Å². The summed E-state index contributed by atoms with van der Waals surface area (Å²) in [5, 5.41) is 20.2. The number of thiazole rings is 1. The van der Waals surface area contributed by atoms with Crippen molar-refractivity contribution in [3.63, 3.8) is 0 Å². The molecule has 31 heavy (non-hydrogen) atoms. The minimum absolute atomic E-state index is 0.203. The molecule has 0 aliphatic carbocycles. The lowest BCUT2D eigenvalue weighted by Crippen LogP contribution is -2.34. The number of fused-ring (bicyclic) bond motifs is 1. The molecule has 0 fully saturated rings. The summed E-state index contributed by atoms with van der Waals surface area (Å²) in [6, 6.07) is 9.60. The monoisotopic (exact) mass is 452 g/mol. The van der Waals surface area contributed by atoms with E-state index in [0.717, 1.165) is 22.5 Å². The fourth-order valence-electron chi connectivity index (χ4n) is 3.23. The Hall–Kier alpha value is -3.63. The van der Waals surface area contributed by atoms with E-state index in [9.17, 15) is 14.7 Å². The van der Waals surface area contributed by atoms with Gasteiger partial charge in [-0.25, -0.2) is 4.79 Å². The first kappa shape index (κ1) is 19.3. The summed E-state index contributed by atoms with van der Waals surface area (Å²) in [4.78, 5) is 33.4. The lowest BCUT2D eigenvalue weighted by molar-refractivity contribution is -0.141. The molecule has 1 aliphatic heterocycles. The van der Waals surface area contributed by atoms with Gasteiger partial charge in [-0.2, -0.15) is 14.6 Å². The Balaban J connectivity index is 1.54. The van der Waals surface area contributed by atoms with Crippen molar-refractivity contribution in [1.29, 1.82) is 0 Å². The third-order valence-corrected chi connectivity index (χ3v) is 5.97. The first-order valence-corrected chi connectivity index (χ1v) is 10.4. The molecular formula is C20H13ClN6O3S. The van der Waals surface area contributed by atoms with E-state index in [1.54, 1.807) is 48.8 Å². The molecule has 1 atom stereocenters. The predicted octanol–water partition coefficient (Wildman–Crippen LogP) is 1.89. The Bertz CT molecular complexity index is 1430. The quantitative estimate of drug-likeness (QED) is 0.503. The van der Waals surface area contributed by atoms with Crippen molar-refractivity contribution in [3.05, 3.63) is 74.3 Å². The zero-order chi connectivity index (χ0) is 21.5. The van der Waals surface area contributed by atoms with Crippen molar-refractivity contribution in [1.82, 2.24) is 24.6 Å². The molecule has 0 bridgehead atoms. The highest BCUT2D eigenvalue weighted by molar-refractivity contribution is 7.15. The number of carboxylic acid groups (broad SMARTS) is 1. The zero-order valence-corrected chi connectivity index (χ0v) is 17.3. The van der Waals surface area contributed by atoms with Gasteiger partial charge < -0.3 is 5.11 Å². The Labute approximate surface area is 183 Å². The topological polar surface area (TPSA) is 113 Å². The lowest BCUT2D eigenvalue weighted by Gasteiger charge is -2.14. The van der Waals surface area contributed by atoms with Gasteiger partial charge in [-0.15, -0.1) is 5.10 Å². The van der Waals surface area contributed by atoms with E-state index in [1.807, 2.05) is 0 Å². The molecule has 154 valence electrons. The number of carboxylic acids is 1. The molecule has 9 nitrogen and oxygen atoms in total. The summed E-state index contributed by atoms with van der Waals surface area (Å²) in [6.45, 7) is 0. The first-order chi connectivity index (χ1) is 15.0. The molecule has 3 aromatic heterocycles. The summed E-state index contributed by atoms with van der Waals surface area (Å²) in [5.74, 6) is -0.610. The second kappa shape index (κ2) is 7.56. The van der Waals surface area contributed by atoms with Crippen molar-refractivity contribution in [2.45, 2.75) is 12.5 Å². The summed E-state index contributed by atoms with van der Waals surface area (Å²) in [6.07, 6.45) is 4.89. The number of hydrazone groups is 1. The number of pyridine rings is 1. The van der Waals surface area contributed by atoms with Crippen LogP contribution in [0.5, 0.6) is 0 Å². The van der Waals surface area contributed by atoms with Crippen molar-refractivity contribution >= 4 is 45.8 Å². The zero-order valence-electron chi connectivity index (χ0n) is 15.7. The van der Waals surface area contributed by atoms with Gasteiger partial charge in [-0.3, -0.25) is 14.8 Å². The Morgan fingerprint density at radius 3 is 2.58 bits per heavy atom. The third-order valence-electron chi connectivity index (χ3n) is 4.77. The van der Waals surface area contributed by atoms with Gasteiger partial charge in [0.1, 0.15) is 4.53 Å². The largest absolute Gasteiger partial charge is 0.480 e. The van der Waals surface area contributed by atoms with Gasteiger partial charge >= 0.3 is 5.97 Å². The number of carbonyl (C=O) groups is 1. The minimum Gasteiger partial charge on any atom is -0.480 e. The van der Waals surface area contributed by atoms with Gasteiger partial charge in [0.05, 0.1) is 5.71 Å². The Morgan fingerprint density at radius 1 is 1.16 bits per heavy atom. The van der Waals surface area contributed by atoms with Crippen LogP contribution in [0.25, 0.3) is 22.5 Å². The average molecular weight is 453 g/mol. The van der Waals surface area contributed by atoms with Crippen LogP contribution < -0.4 is 10.1 Å². The van der Waals surface area contributed by atoms with Gasteiger partial charge in [-0.1, -0.05) is 35.1 Å². The van der Waals surface area contributed by atoms with Crippen LogP contribution in [0.4, 0.5) is 0 Å². The van der Waals surface area contributed by atoms with Crippen molar-refractivity contribution < 1.29 is 9.90 Å². The molecule has 1 aliphatic rings. The molecule has 1 N–H and O–H groups in total. The van der Waals surface area contributed by atoms with Crippen molar-refractivity contribution in [2.75, 3.05) is 0 Å². The second-order valence-electron chi connectivity index (χ2n) is 6.76. The van der Waals surface area contributed by atoms with E-state index in [1.165, 1.54) is 15.7 Å². The molecule has 5 rings (SSSR count). The predicted molar refractivity (Wildman–Crippen MR) is 116 cm³/mol. The van der Waals surface area contributed by atoms with Crippen LogP contribution in [0, 0.1) is 0 Å². The van der Waals surface area contributed by atoms with E-state index in [-0.39, 0.29) is 12.0 Å². The normalized spacial score (nSPS) is 16.8. The van der Waals surface area contributed by atoms with Crippen molar-refractivity contribution in [3.8, 4) is 11.4 Å². The van der Waals surface area contributed by atoms with Gasteiger partial charge in [0.2, 0.25) is 4.96 Å². The number of hydrogen-bond acceptors (Lipinski definition) is 8. The van der Waals surface area contributed by atoms with E-state index in [4.69, 9.17) is 11.6 Å². The first-order valence-electron chi connectivity index (χ1n) is 9.16. The van der Waals surface area contributed by atoms with E-state index in [0.29, 0.717) is 26.1 Å². The van der Waals surface area contributed by atoms with Gasteiger partial charge in [0.15, 0.2) is 11.9 Å². The summed E-state index contributed by atoms with van der Waals surface area (Å²) in [5.41, 5.74) is 1.75. The Morgan fingerprint density at radius 2 is 1.90 bits per heavy atom. The average Bonchev–Trinajstić information content (AvgIpc) is 3.45. The van der Waals surface area contributed by atoms with Gasteiger partial charge in [-0.05, 0) is 29.8 Å². The SMILES string of the molecule is O=C(O)[C@@H]1CC(c2ccc(Cl)cc2)=NN1/C=c1\sc2nc(-c3ccncc3)nn2c1=O. The van der Waals surface area contributed by atoms with Crippen LogP contribution in [0.15, 0.2) is 58.7 Å². The van der Waals surface area contributed by atoms with E-state index < -0.39 is 12.0 Å².